The van der Waals surface area contributed by atoms with Gasteiger partial charge in [0.1, 0.15) is 11.6 Å². The van der Waals surface area contributed by atoms with Gasteiger partial charge in [-0.3, -0.25) is 4.68 Å². The summed E-state index contributed by atoms with van der Waals surface area (Å²) in [6.45, 7) is 2.80. The highest BCUT2D eigenvalue weighted by Crippen LogP contribution is 2.19. The monoisotopic (exact) mass is 265 g/mol. The zero-order valence-corrected chi connectivity index (χ0v) is 11.0. The SMILES string of the molecule is CCn1cc(C(Cc2cc(F)cc(F)c2)NC)cn1. The van der Waals surface area contributed by atoms with Crippen LogP contribution in [0.15, 0.2) is 30.6 Å². The molecule has 1 aromatic heterocycles. The minimum atomic E-state index is -0.547. The number of nitrogens with zero attached hydrogens (tertiary/aromatic N) is 2. The van der Waals surface area contributed by atoms with Crippen LogP contribution < -0.4 is 5.32 Å². The number of hydrogen-bond donors (Lipinski definition) is 1. The van der Waals surface area contributed by atoms with Crippen molar-refractivity contribution in [1.82, 2.24) is 15.1 Å². The van der Waals surface area contributed by atoms with E-state index in [0.29, 0.717) is 12.0 Å². The molecule has 102 valence electrons. The van der Waals surface area contributed by atoms with Crippen molar-refractivity contribution in [3.8, 4) is 0 Å². The molecule has 5 heteroatoms. The van der Waals surface area contributed by atoms with Gasteiger partial charge in [-0.25, -0.2) is 8.78 Å². The van der Waals surface area contributed by atoms with Crippen molar-refractivity contribution in [1.29, 1.82) is 0 Å². The second kappa shape index (κ2) is 5.93. The van der Waals surface area contributed by atoms with Gasteiger partial charge in [0.2, 0.25) is 0 Å². The zero-order valence-electron chi connectivity index (χ0n) is 11.0. The summed E-state index contributed by atoms with van der Waals surface area (Å²) in [5, 5.41) is 7.35. The molecule has 1 unspecified atom stereocenters. The van der Waals surface area contributed by atoms with Gasteiger partial charge in [-0.2, -0.15) is 5.10 Å². The molecule has 0 saturated carbocycles. The normalized spacial score (nSPS) is 12.6. The van der Waals surface area contributed by atoms with E-state index in [1.807, 2.05) is 24.9 Å². The van der Waals surface area contributed by atoms with Crippen molar-refractivity contribution >= 4 is 0 Å². The van der Waals surface area contributed by atoms with Crippen molar-refractivity contribution in [2.45, 2.75) is 25.9 Å². The Morgan fingerprint density at radius 3 is 2.47 bits per heavy atom. The summed E-state index contributed by atoms with van der Waals surface area (Å²) in [7, 11) is 1.82. The molecule has 0 bridgehead atoms. The first-order valence-electron chi connectivity index (χ1n) is 6.27. The molecule has 1 aromatic carbocycles. The van der Waals surface area contributed by atoms with Gasteiger partial charge >= 0.3 is 0 Å². The summed E-state index contributed by atoms with van der Waals surface area (Å²) in [5.41, 5.74) is 1.63. The van der Waals surface area contributed by atoms with Crippen molar-refractivity contribution < 1.29 is 8.78 Å². The predicted octanol–water partition coefficient (Wildman–Crippen LogP) is 2.68. The standard InChI is InChI=1S/C14H17F2N3/c1-3-19-9-11(8-18-19)14(17-2)6-10-4-12(15)7-13(16)5-10/h4-5,7-9,14,17H,3,6H2,1-2H3. The van der Waals surface area contributed by atoms with Gasteiger partial charge in [0.05, 0.1) is 6.20 Å². The van der Waals surface area contributed by atoms with E-state index in [1.54, 1.807) is 6.20 Å². The summed E-state index contributed by atoms with van der Waals surface area (Å²) < 4.78 is 28.2. The number of aryl methyl sites for hydroxylation is 1. The third-order valence-electron chi connectivity index (χ3n) is 3.09. The van der Waals surface area contributed by atoms with E-state index in [-0.39, 0.29) is 6.04 Å². The topological polar surface area (TPSA) is 29.9 Å². The number of likely N-dealkylation sites (N-methyl/N-ethyl adjacent to an activating group) is 1. The Balaban J connectivity index is 2.18. The Morgan fingerprint density at radius 2 is 1.95 bits per heavy atom. The van der Waals surface area contributed by atoms with Gasteiger partial charge in [-0.15, -0.1) is 0 Å². The van der Waals surface area contributed by atoms with E-state index in [4.69, 9.17) is 0 Å². The number of nitrogens with one attached hydrogen (secondary N) is 1. The Hall–Kier alpha value is -1.75. The van der Waals surface area contributed by atoms with Crippen LogP contribution >= 0.6 is 0 Å². The highest BCUT2D eigenvalue weighted by Gasteiger charge is 2.13. The second-order valence-electron chi connectivity index (χ2n) is 4.45. The van der Waals surface area contributed by atoms with Crippen LogP contribution in [-0.4, -0.2) is 16.8 Å². The second-order valence-corrected chi connectivity index (χ2v) is 4.45. The maximum atomic E-state index is 13.2. The summed E-state index contributed by atoms with van der Waals surface area (Å²) in [5.74, 6) is -1.09. The van der Waals surface area contributed by atoms with E-state index in [0.717, 1.165) is 18.2 Å². The van der Waals surface area contributed by atoms with E-state index in [1.165, 1.54) is 12.1 Å². The molecule has 0 saturated heterocycles. The van der Waals surface area contributed by atoms with E-state index in [2.05, 4.69) is 10.4 Å². The average molecular weight is 265 g/mol. The molecule has 1 atom stereocenters. The number of benzene rings is 1. The van der Waals surface area contributed by atoms with Crippen LogP contribution in [0.2, 0.25) is 0 Å². The molecule has 1 heterocycles. The molecule has 0 amide bonds. The average Bonchev–Trinajstić information content (AvgIpc) is 2.83. The van der Waals surface area contributed by atoms with Crippen LogP contribution in [0.3, 0.4) is 0 Å². The third-order valence-corrected chi connectivity index (χ3v) is 3.09. The third kappa shape index (κ3) is 3.38. The molecule has 0 aliphatic heterocycles. The van der Waals surface area contributed by atoms with Gasteiger partial charge in [0.15, 0.2) is 0 Å². The largest absolute Gasteiger partial charge is 0.313 e. The van der Waals surface area contributed by atoms with Crippen molar-refractivity contribution in [2.24, 2.45) is 0 Å². The predicted molar refractivity (Wildman–Crippen MR) is 69.8 cm³/mol. The molecule has 2 rings (SSSR count). The minimum absolute atomic E-state index is 0.0125. The fourth-order valence-corrected chi connectivity index (χ4v) is 2.08. The highest BCUT2D eigenvalue weighted by atomic mass is 19.1. The molecule has 0 fully saturated rings. The van der Waals surface area contributed by atoms with Crippen molar-refractivity contribution in [3.63, 3.8) is 0 Å². The first kappa shape index (κ1) is 13.7. The Labute approximate surface area is 111 Å². The molecule has 0 aliphatic carbocycles. The van der Waals surface area contributed by atoms with E-state index >= 15 is 0 Å². The van der Waals surface area contributed by atoms with Crippen LogP contribution in [-0.2, 0) is 13.0 Å². The Morgan fingerprint density at radius 1 is 1.26 bits per heavy atom. The van der Waals surface area contributed by atoms with Crippen LogP contribution in [0.4, 0.5) is 8.78 Å². The van der Waals surface area contributed by atoms with E-state index in [9.17, 15) is 8.78 Å². The molecule has 19 heavy (non-hydrogen) atoms. The van der Waals surface area contributed by atoms with Gasteiger partial charge in [-0.05, 0) is 38.1 Å². The molecule has 0 spiro atoms. The lowest BCUT2D eigenvalue weighted by Crippen LogP contribution is -2.18. The number of aromatic nitrogens is 2. The summed E-state index contributed by atoms with van der Waals surface area (Å²) >= 11 is 0. The fourth-order valence-electron chi connectivity index (χ4n) is 2.08. The number of hydrogen-bond acceptors (Lipinski definition) is 2. The van der Waals surface area contributed by atoms with Gasteiger partial charge in [0, 0.05) is 30.4 Å². The lowest BCUT2D eigenvalue weighted by molar-refractivity contribution is 0.561. The first-order valence-corrected chi connectivity index (χ1v) is 6.27. The maximum absolute atomic E-state index is 13.2. The Bertz CT molecular complexity index is 531. The smallest absolute Gasteiger partial charge is 0.126 e. The lowest BCUT2D eigenvalue weighted by Gasteiger charge is -2.14. The highest BCUT2D eigenvalue weighted by molar-refractivity contribution is 5.22. The molecule has 0 radical (unpaired) electrons. The molecule has 3 nitrogen and oxygen atoms in total. The molecular formula is C14H17F2N3. The van der Waals surface area contributed by atoms with Crippen LogP contribution in [0.1, 0.15) is 24.1 Å². The molecule has 0 aliphatic rings. The zero-order chi connectivity index (χ0) is 13.8. The van der Waals surface area contributed by atoms with Crippen LogP contribution in [0, 0.1) is 11.6 Å². The summed E-state index contributed by atoms with van der Waals surface area (Å²) in [6.07, 6.45) is 4.23. The molecule has 1 N–H and O–H groups in total. The van der Waals surface area contributed by atoms with Gasteiger partial charge in [0.25, 0.3) is 0 Å². The summed E-state index contributed by atoms with van der Waals surface area (Å²) in [4.78, 5) is 0. The van der Waals surface area contributed by atoms with Crippen LogP contribution in [0.5, 0.6) is 0 Å². The molecule has 2 aromatic rings. The quantitative estimate of drug-likeness (QED) is 0.900. The van der Waals surface area contributed by atoms with Crippen molar-refractivity contribution in [3.05, 3.63) is 53.4 Å². The molecular weight excluding hydrogens is 248 g/mol. The minimum Gasteiger partial charge on any atom is -0.313 e. The van der Waals surface area contributed by atoms with E-state index < -0.39 is 11.6 Å². The Kier molecular flexibility index (Phi) is 4.27. The lowest BCUT2D eigenvalue weighted by atomic mass is 10.0. The van der Waals surface area contributed by atoms with Crippen LogP contribution in [0.25, 0.3) is 0 Å². The first-order chi connectivity index (χ1) is 9.12. The fraction of sp³-hybridized carbons (Fsp3) is 0.357. The summed E-state index contributed by atoms with van der Waals surface area (Å²) in [6, 6.07) is 3.59. The number of rotatable bonds is 5. The van der Waals surface area contributed by atoms with Gasteiger partial charge in [-0.1, -0.05) is 0 Å². The van der Waals surface area contributed by atoms with Crippen molar-refractivity contribution in [2.75, 3.05) is 7.05 Å². The van der Waals surface area contributed by atoms with Gasteiger partial charge < -0.3 is 5.32 Å². The number of halogens is 2. The maximum Gasteiger partial charge on any atom is 0.126 e.